The third kappa shape index (κ3) is 4.06. The van der Waals surface area contributed by atoms with Crippen molar-refractivity contribution in [3.05, 3.63) is 29.7 Å². The number of fused-ring (bicyclic) bond motifs is 3. The minimum atomic E-state index is -0.697. The number of benzene rings is 1. The standard InChI is InChI=1S/C26H37FN2O3/c1-16(20-15-28-21-9-10-22(24(27)23(20)21)32-19-7-8-19)25(31)29-17-5-3-11-26(2,13-17)14-18(29)6-4-12-30/h9-10,15-19,25,28,30-31H,3-8,11-14H2,1-2H3. The van der Waals surface area contributed by atoms with Crippen molar-refractivity contribution in [3.63, 3.8) is 0 Å². The Kier molecular flexibility index (Phi) is 5.97. The fourth-order valence-corrected chi connectivity index (χ4v) is 6.38. The van der Waals surface area contributed by atoms with Crippen LogP contribution in [0.5, 0.6) is 5.75 Å². The van der Waals surface area contributed by atoms with E-state index in [1.54, 1.807) is 6.07 Å². The highest BCUT2D eigenvalue weighted by Gasteiger charge is 2.47. The molecular weight excluding hydrogens is 407 g/mol. The second-order valence-corrected chi connectivity index (χ2v) is 10.8. The van der Waals surface area contributed by atoms with Crippen LogP contribution in [-0.4, -0.2) is 51.1 Å². The second-order valence-electron chi connectivity index (χ2n) is 10.8. The molecule has 5 nitrogen and oxygen atoms in total. The number of aliphatic hydroxyl groups is 2. The lowest BCUT2D eigenvalue weighted by molar-refractivity contribution is -0.127. The summed E-state index contributed by atoms with van der Waals surface area (Å²) >= 11 is 0. The van der Waals surface area contributed by atoms with E-state index in [1.807, 2.05) is 19.2 Å². The van der Waals surface area contributed by atoms with Gasteiger partial charge in [0.2, 0.25) is 0 Å². The van der Waals surface area contributed by atoms with E-state index in [-0.39, 0.29) is 30.5 Å². The number of aromatic nitrogens is 1. The van der Waals surface area contributed by atoms with Crippen LogP contribution in [0, 0.1) is 11.2 Å². The lowest BCUT2D eigenvalue weighted by Gasteiger charge is -2.55. The third-order valence-electron chi connectivity index (χ3n) is 8.15. The van der Waals surface area contributed by atoms with Crippen LogP contribution < -0.4 is 4.74 Å². The van der Waals surface area contributed by atoms with Gasteiger partial charge < -0.3 is 19.9 Å². The molecule has 1 aromatic heterocycles. The van der Waals surface area contributed by atoms with Crippen LogP contribution in [-0.2, 0) is 0 Å². The summed E-state index contributed by atoms with van der Waals surface area (Å²) in [7, 11) is 0. The molecule has 2 aliphatic carbocycles. The molecule has 3 aliphatic rings. The van der Waals surface area contributed by atoms with Crippen LogP contribution in [0.3, 0.4) is 0 Å². The Hall–Kier alpha value is -1.63. The highest BCUT2D eigenvalue weighted by atomic mass is 19.1. The van der Waals surface area contributed by atoms with Crippen LogP contribution in [0.1, 0.15) is 83.1 Å². The summed E-state index contributed by atoms with van der Waals surface area (Å²) in [6.07, 6.45) is 10.6. The van der Waals surface area contributed by atoms with Gasteiger partial charge in [-0.3, -0.25) is 4.90 Å². The number of hydrogen-bond donors (Lipinski definition) is 3. The SMILES string of the molecule is CC(c1c[nH]c2ccc(OC3CC3)c(F)c12)C(O)N1C(CCCO)CC2(C)CCCC1C2. The molecule has 176 valence electrons. The third-order valence-corrected chi connectivity index (χ3v) is 8.15. The monoisotopic (exact) mass is 444 g/mol. The molecule has 1 aliphatic heterocycles. The number of nitrogens with zero attached hydrogens (tertiary/aromatic N) is 1. The van der Waals surface area contributed by atoms with Gasteiger partial charge in [0.15, 0.2) is 11.6 Å². The van der Waals surface area contributed by atoms with Crippen LogP contribution >= 0.6 is 0 Å². The number of nitrogens with one attached hydrogen (secondary N) is 1. The fraction of sp³-hybridized carbons (Fsp3) is 0.692. The lowest BCUT2D eigenvalue weighted by atomic mass is 9.65. The summed E-state index contributed by atoms with van der Waals surface area (Å²) in [4.78, 5) is 5.51. The van der Waals surface area contributed by atoms with E-state index in [9.17, 15) is 10.2 Å². The molecule has 2 saturated carbocycles. The van der Waals surface area contributed by atoms with Crippen LogP contribution in [0.25, 0.3) is 10.9 Å². The predicted molar refractivity (Wildman–Crippen MR) is 123 cm³/mol. The number of aromatic amines is 1. The van der Waals surface area contributed by atoms with Gasteiger partial charge >= 0.3 is 0 Å². The quantitative estimate of drug-likeness (QED) is 0.532. The topological polar surface area (TPSA) is 68.7 Å². The van der Waals surface area contributed by atoms with Crippen LogP contribution in [0.4, 0.5) is 4.39 Å². The molecule has 2 heterocycles. The lowest BCUT2D eigenvalue weighted by Crippen LogP contribution is -2.59. The molecule has 5 atom stereocenters. The smallest absolute Gasteiger partial charge is 0.174 e. The maximum absolute atomic E-state index is 15.4. The van der Waals surface area contributed by atoms with Gasteiger partial charge in [-0.1, -0.05) is 20.3 Å². The van der Waals surface area contributed by atoms with E-state index in [0.717, 1.165) is 56.0 Å². The van der Waals surface area contributed by atoms with E-state index in [1.165, 1.54) is 12.8 Å². The number of hydrogen-bond acceptors (Lipinski definition) is 4. The number of ether oxygens (including phenoxy) is 1. The zero-order valence-electron chi connectivity index (χ0n) is 19.3. The zero-order chi connectivity index (χ0) is 22.5. The molecule has 1 saturated heterocycles. The van der Waals surface area contributed by atoms with E-state index in [4.69, 9.17) is 4.74 Å². The molecule has 5 unspecified atom stereocenters. The first-order valence-corrected chi connectivity index (χ1v) is 12.4. The summed E-state index contributed by atoms with van der Waals surface area (Å²) in [5.41, 5.74) is 1.86. The van der Waals surface area contributed by atoms with Gasteiger partial charge in [-0.15, -0.1) is 0 Å². The zero-order valence-corrected chi connectivity index (χ0v) is 19.3. The average molecular weight is 445 g/mol. The van der Waals surface area contributed by atoms with Gasteiger partial charge in [0.25, 0.3) is 0 Å². The summed E-state index contributed by atoms with van der Waals surface area (Å²) in [5.74, 6) is -0.271. The minimum absolute atomic E-state index is 0.133. The normalized spacial score (nSPS) is 30.4. The van der Waals surface area contributed by atoms with Crippen LogP contribution in [0.2, 0.25) is 0 Å². The number of piperidine rings is 1. The highest BCUT2D eigenvalue weighted by molar-refractivity contribution is 5.86. The maximum Gasteiger partial charge on any atom is 0.174 e. The Bertz CT molecular complexity index is 958. The van der Waals surface area contributed by atoms with Crippen molar-refractivity contribution >= 4 is 10.9 Å². The Balaban J connectivity index is 1.45. The van der Waals surface area contributed by atoms with Crippen molar-refractivity contribution in [2.24, 2.45) is 5.41 Å². The molecule has 0 radical (unpaired) electrons. The molecule has 3 fully saturated rings. The average Bonchev–Trinajstić information content (AvgIpc) is 3.48. The van der Waals surface area contributed by atoms with Crippen molar-refractivity contribution in [2.45, 2.75) is 102 Å². The summed E-state index contributed by atoms with van der Waals surface area (Å²) in [6.45, 7) is 4.56. The number of aliphatic hydroxyl groups excluding tert-OH is 2. The Morgan fingerprint density at radius 3 is 2.84 bits per heavy atom. The number of H-pyrrole nitrogens is 1. The van der Waals surface area contributed by atoms with Crippen LogP contribution in [0.15, 0.2) is 18.3 Å². The summed E-state index contributed by atoms with van der Waals surface area (Å²) < 4.78 is 21.2. The molecule has 2 bridgehead atoms. The van der Waals surface area contributed by atoms with Crippen molar-refractivity contribution in [3.8, 4) is 5.75 Å². The number of halogens is 1. The Morgan fingerprint density at radius 1 is 1.28 bits per heavy atom. The van der Waals surface area contributed by atoms with Gasteiger partial charge in [-0.05, 0) is 74.5 Å². The summed E-state index contributed by atoms with van der Waals surface area (Å²) in [5, 5.41) is 21.6. The molecule has 0 amide bonds. The van der Waals surface area contributed by atoms with Gasteiger partial charge in [-0.2, -0.15) is 0 Å². The highest BCUT2D eigenvalue weighted by Crippen LogP contribution is 2.49. The first kappa shape index (κ1) is 22.2. The van der Waals surface area contributed by atoms with Gasteiger partial charge in [0.05, 0.1) is 6.10 Å². The number of likely N-dealkylation sites (tertiary alicyclic amines) is 1. The first-order valence-electron chi connectivity index (χ1n) is 12.4. The molecule has 3 N–H and O–H groups in total. The Labute approximate surface area is 190 Å². The molecule has 1 aromatic carbocycles. The predicted octanol–water partition coefficient (Wildman–Crippen LogP) is 5.07. The summed E-state index contributed by atoms with van der Waals surface area (Å²) in [6, 6.07) is 4.16. The second kappa shape index (κ2) is 8.62. The van der Waals surface area contributed by atoms with E-state index in [2.05, 4.69) is 16.8 Å². The van der Waals surface area contributed by atoms with Crippen molar-refractivity contribution in [1.29, 1.82) is 0 Å². The molecular formula is C26H37FN2O3. The minimum Gasteiger partial charge on any atom is -0.487 e. The van der Waals surface area contributed by atoms with Crippen molar-refractivity contribution in [1.82, 2.24) is 9.88 Å². The van der Waals surface area contributed by atoms with E-state index >= 15 is 4.39 Å². The van der Waals surface area contributed by atoms with E-state index in [0.29, 0.717) is 22.6 Å². The van der Waals surface area contributed by atoms with Gasteiger partial charge in [-0.25, -0.2) is 4.39 Å². The maximum atomic E-state index is 15.4. The van der Waals surface area contributed by atoms with E-state index < -0.39 is 6.23 Å². The fourth-order valence-electron chi connectivity index (χ4n) is 6.38. The Morgan fingerprint density at radius 2 is 2.09 bits per heavy atom. The van der Waals surface area contributed by atoms with Crippen molar-refractivity contribution < 1.29 is 19.3 Å². The molecule has 0 spiro atoms. The first-order chi connectivity index (χ1) is 15.4. The molecule has 5 rings (SSSR count). The van der Waals surface area contributed by atoms with Gasteiger partial charge in [0.1, 0.15) is 6.23 Å². The molecule has 32 heavy (non-hydrogen) atoms. The van der Waals surface area contributed by atoms with Crippen molar-refractivity contribution in [2.75, 3.05) is 6.61 Å². The largest absolute Gasteiger partial charge is 0.487 e. The molecule has 2 aromatic rings. The van der Waals surface area contributed by atoms with Gasteiger partial charge in [0, 0.05) is 41.7 Å². The molecule has 6 heteroatoms. The number of rotatable bonds is 8.